The molecule has 0 radical (unpaired) electrons. The van der Waals surface area contributed by atoms with E-state index in [2.05, 4.69) is 15.3 Å². The van der Waals surface area contributed by atoms with Gasteiger partial charge in [0.25, 0.3) is 0 Å². The van der Waals surface area contributed by atoms with E-state index in [0.29, 0.717) is 0 Å². The molecule has 0 spiro atoms. The maximum absolute atomic E-state index is 12.3. The quantitative estimate of drug-likeness (QED) is 0.880. The summed E-state index contributed by atoms with van der Waals surface area (Å²) < 4.78 is 0. The van der Waals surface area contributed by atoms with Crippen LogP contribution >= 0.6 is 11.3 Å². The number of rotatable bonds is 4. The molecule has 4 nitrogen and oxygen atoms in total. The van der Waals surface area contributed by atoms with Crippen molar-refractivity contribution >= 4 is 23.3 Å². The van der Waals surface area contributed by atoms with Crippen LogP contribution in [-0.4, -0.2) is 15.9 Å². The minimum Gasteiger partial charge on any atom is -0.341 e. The number of nitrogens with one attached hydrogen (secondary N) is 1. The topological polar surface area (TPSA) is 54.9 Å². The van der Waals surface area contributed by atoms with Crippen molar-refractivity contribution in [3.63, 3.8) is 0 Å². The standard InChI is InChI=1S/C17H19N3OS/c1-13-12-22-16(19-13)17(8-2-3-9-17)20-15(21)5-4-14-6-10-18-11-7-14/h4-7,10-12H,2-3,8-9H2,1H3,(H,20,21)/b5-4-. The number of hydrogen-bond donors (Lipinski definition) is 1. The van der Waals surface area contributed by atoms with Crippen LogP contribution in [0.1, 0.15) is 41.9 Å². The van der Waals surface area contributed by atoms with Crippen molar-refractivity contribution in [1.82, 2.24) is 15.3 Å². The van der Waals surface area contributed by atoms with Crippen LogP contribution in [0.25, 0.3) is 6.08 Å². The van der Waals surface area contributed by atoms with Gasteiger partial charge in [0.2, 0.25) is 5.91 Å². The Bertz CT molecular complexity index is 672. The SMILES string of the molecule is Cc1csc(C2(NC(=O)/C=C\c3ccncc3)CCCC2)n1. The van der Waals surface area contributed by atoms with Crippen LogP contribution in [0.5, 0.6) is 0 Å². The zero-order chi connectivity index (χ0) is 15.4. The van der Waals surface area contributed by atoms with E-state index in [1.807, 2.05) is 30.5 Å². The van der Waals surface area contributed by atoms with Crippen molar-refractivity contribution in [2.24, 2.45) is 0 Å². The molecule has 0 aromatic carbocycles. The molecule has 0 atom stereocenters. The molecule has 1 fully saturated rings. The number of carbonyl (C=O) groups is 1. The van der Waals surface area contributed by atoms with Crippen LogP contribution in [0.4, 0.5) is 0 Å². The molecular weight excluding hydrogens is 294 g/mol. The Kier molecular flexibility index (Phi) is 4.34. The molecular formula is C17H19N3OS. The highest BCUT2D eigenvalue weighted by molar-refractivity contribution is 7.09. The van der Waals surface area contributed by atoms with E-state index < -0.39 is 0 Å². The molecule has 2 aromatic heterocycles. The molecule has 22 heavy (non-hydrogen) atoms. The molecule has 0 bridgehead atoms. The van der Waals surface area contributed by atoms with Gasteiger partial charge in [0.15, 0.2) is 0 Å². The van der Waals surface area contributed by atoms with Crippen molar-refractivity contribution in [2.75, 3.05) is 0 Å². The van der Waals surface area contributed by atoms with E-state index in [4.69, 9.17) is 0 Å². The first kappa shape index (κ1) is 14.9. The Hall–Kier alpha value is -2.01. The van der Waals surface area contributed by atoms with Gasteiger partial charge < -0.3 is 5.32 Å². The monoisotopic (exact) mass is 313 g/mol. The third-order valence-corrected chi connectivity index (χ3v) is 5.15. The normalized spacial score (nSPS) is 17.0. The predicted molar refractivity (Wildman–Crippen MR) is 88.4 cm³/mol. The first-order valence-electron chi connectivity index (χ1n) is 7.51. The fourth-order valence-corrected chi connectivity index (χ4v) is 3.88. The zero-order valence-corrected chi connectivity index (χ0v) is 13.4. The summed E-state index contributed by atoms with van der Waals surface area (Å²) in [5.41, 5.74) is 1.71. The Morgan fingerprint density at radius 2 is 2.05 bits per heavy atom. The van der Waals surface area contributed by atoms with Crippen LogP contribution in [0, 0.1) is 6.92 Å². The summed E-state index contributed by atoms with van der Waals surface area (Å²) in [5.74, 6) is -0.0634. The van der Waals surface area contributed by atoms with Crippen molar-refractivity contribution in [3.8, 4) is 0 Å². The molecule has 1 N–H and O–H groups in total. The summed E-state index contributed by atoms with van der Waals surface area (Å²) in [7, 11) is 0. The molecule has 0 unspecified atom stereocenters. The number of thiazole rings is 1. The van der Waals surface area contributed by atoms with Crippen molar-refractivity contribution in [3.05, 3.63) is 52.2 Å². The number of aryl methyl sites for hydroxylation is 1. The summed E-state index contributed by atoms with van der Waals surface area (Å²) >= 11 is 1.64. The highest BCUT2D eigenvalue weighted by atomic mass is 32.1. The highest BCUT2D eigenvalue weighted by Gasteiger charge is 2.39. The van der Waals surface area contributed by atoms with Crippen LogP contribution in [-0.2, 0) is 10.3 Å². The largest absolute Gasteiger partial charge is 0.341 e. The summed E-state index contributed by atoms with van der Waals surface area (Å²) in [6.07, 6.45) is 11.0. The molecule has 0 aliphatic heterocycles. The fourth-order valence-electron chi connectivity index (χ4n) is 2.87. The zero-order valence-electron chi connectivity index (χ0n) is 12.6. The molecule has 5 heteroatoms. The summed E-state index contributed by atoms with van der Waals surface area (Å²) in [6.45, 7) is 1.99. The van der Waals surface area contributed by atoms with Crippen molar-refractivity contribution in [1.29, 1.82) is 0 Å². The van der Waals surface area contributed by atoms with Gasteiger partial charge in [-0.05, 0) is 43.5 Å². The Balaban J connectivity index is 1.74. The maximum atomic E-state index is 12.3. The lowest BCUT2D eigenvalue weighted by molar-refractivity contribution is -0.118. The number of hydrogen-bond acceptors (Lipinski definition) is 4. The van der Waals surface area contributed by atoms with Crippen LogP contribution in [0.15, 0.2) is 36.0 Å². The molecule has 0 saturated heterocycles. The lowest BCUT2D eigenvalue weighted by atomic mass is 9.98. The molecule has 1 saturated carbocycles. The Labute approximate surface area is 134 Å². The molecule has 114 valence electrons. The number of carbonyl (C=O) groups excluding carboxylic acids is 1. The second-order valence-electron chi connectivity index (χ2n) is 5.69. The van der Waals surface area contributed by atoms with Crippen molar-refractivity contribution < 1.29 is 4.79 Å². The molecule has 2 heterocycles. The van der Waals surface area contributed by atoms with Crippen LogP contribution in [0.3, 0.4) is 0 Å². The van der Waals surface area contributed by atoms with Gasteiger partial charge in [-0.15, -0.1) is 11.3 Å². The summed E-state index contributed by atoms with van der Waals surface area (Å²) in [5, 5.41) is 6.28. The predicted octanol–water partition coefficient (Wildman–Crippen LogP) is 3.45. The summed E-state index contributed by atoms with van der Waals surface area (Å²) in [6, 6.07) is 3.75. The lowest BCUT2D eigenvalue weighted by Gasteiger charge is -2.27. The van der Waals surface area contributed by atoms with E-state index in [9.17, 15) is 4.79 Å². The summed E-state index contributed by atoms with van der Waals surface area (Å²) in [4.78, 5) is 20.9. The third-order valence-electron chi connectivity index (χ3n) is 3.98. The maximum Gasteiger partial charge on any atom is 0.244 e. The van der Waals surface area contributed by atoms with E-state index in [1.54, 1.807) is 29.8 Å². The van der Waals surface area contributed by atoms with E-state index in [0.717, 1.165) is 41.9 Å². The average Bonchev–Trinajstić information content (AvgIpc) is 3.16. The molecule has 1 aliphatic carbocycles. The number of nitrogens with zero attached hydrogens (tertiary/aromatic N) is 2. The van der Waals surface area contributed by atoms with Gasteiger partial charge in [-0.1, -0.05) is 12.8 Å². The van der Waals surface area contributed by atoms with E-state index in [-0.39, 0.29) is 11.4 Å². The number of aromatic nitrogens is 2. The van der Waals surface area contributed by atoms with Crippen LogP contribution in [0.2, 0.25) is 0 Å². The number of amides is 1. The average molecular weight is 313 g/mol. The molecule has 3 rings (SSSR count). The Morgan fingerprint density at radius 1 is 1.32 bits per heavy atom. The lowest BCUT2D eigenvalue weighted by Crippen LogP contribution is -2.43. The number of pyridine rings is 1. The third kappa shape index (κ3) is 3.25. The Morgan fingerprint density at radius 3 is 2.68 bits per heavy atom. The minimum absolute atomic E-state index is 0.0634. The van der Waals surface area contributed by atoms with Gasteiger partial charge in [-0.25, -0.2) is 4.98 Å². The van der Waals surface area contributed by atoms with Gasteiger partial charge >= 0.3 is 0 Å². The second-order valence-corrected chi connectivity index (χ2v) is 6.54. The van der Waals surface area contributed by atoms with Gasteiger partial charge in [0, 0.05) is 29.5 Å². The minimum atomic E-state index is -0.279. The first-order valence-corrected chi connectivity index (χ1v) is 8.39. The van der Waals surface area contributed by atoms with Gasteiger partial charge in [0.05, 0.1) is 5.54 Å². The second kappa shape index (κ2) is 6.40. The van der Waals surface area contributed by atoms with Gasteiger partial charge in [0.1, 0.15) is 5.01 Å². The van der Waals surface area contributed by atoms with Gasteiger partial charge in [-0.2, -0.15) is 0 Å². The first-order chi connectivity index (χ1) is 10.7. The van der Waals surface area contributed by atoms with E-state index >= 15 is 0 Å². The highest BCUT2D eigenvalue weighted by Crippen LogP contribution is 2.40. The smallest absolute Gasteiger partial charge is 0.244 e. The van der Waals surface area contributed by atoms with Gasteiger partial charge in [-0.3, -0.25) is 9.78 Å². The van der Waals surface area contributed by atoms with E-state index in [1.165, 1.54) is 0 Å². The van der Waals surface area contributed by atoms with Crippen molar-refractivity contribution in [2.45, 2.75) is 38.1 Å². The fraction of sp³-hybridized carbons (Fsp3) is 0.353. The molecule has 1 aliphatic rings. The van der Waals surface area contributed by atoms with Crippen LogP contribution < -0.4 is 5.32 Å². The molecule has 1 amide bonds. The molecule has 2 aromatic rings.